The van der Waals surface area contributed by atoms with Crippen LogP contribution < -0.4 is 16.2 Å². The minimum absolute atomic E-state index is 0.0892. The molecule has 2 heterocycles. The van der Waals surface area contributed by atoms with Crippen molar-refractivity contribution in [1.82, 2.24) is 14.9 Å². The Labute approximate surface area is 196 Å². The van der Waals surface area contributed by atoms with Crippen molar-refractivity contribution in [2.45, 2.75) is 20.4 Å². The van der Waals surface area contributed by atoms with Crippen LogP contribution in [0.1, 0.15) is 32.5 Å². The zero-order valence-corrected chi connectivity index (χ0v) is 19.6. The molecule has 0 aliphatic heterocycles. The molecule has 2 N–H and O–H groups in total. The van der Waals surface area contributed by atoms with Gasteiger partial charge in [-0.2, -0.15) is 0 Å². The van der Waals surface area contributed by atoms with Crippen molar-refractivity contribution in [3.63, 3.8) is 0 Å². The molecule has 2 amide bonds. The van der Waals surface area contributed by atoms with Crippen LogP contribution in [0.3, 0.4) is 0 Å². The number of nitrogens with one attached hydrogen (secondary N) is 2. The molecule has 0 unspecified atom stereocenters. The van der Waals surface area contributed by atoms with Crippen LogP contribution in [0.5, 0.6) is 0 Å². The Morgan fingerprint density at radius 3 is 2.62 bits per heavy atom. The summed E-state index contributed by atoms with van der Waals surface area (Å²) in [7, 11) is 1.46. The molecule has 3 rings (SSSR count). The van der Waals surface area contributed by atoms with Crippen molar-refractivity contribution in [3.8, 4) is 0 Å². The van der Waals surface area contributed by atoms with Crippen LogP contribution in [-0.4, -0.2) is 41.0 Å². The van der Waals surface area contributed by atoms with Gasteiger partial charge < -0.3 is 15.4 Å². The second-order valence-corrected chi connectivity index (χ2v) is 8.43. The van der Waals surface area contributed by atoms with Crippen molar-refractivity contribution >= 4 is 68.2 Å². The Morgan fingerprint density at radius 1 is 1.25 bits per heavy atom. The van der Waals surface area contributed by atoms with Gasteiger partial charge in [0, 0.05) is 12.1 Å². The number of hydrogen-bond acceptors (Lipinski definition) is 7. The predicted octanol–water partition coefficient (Wildman–Crippen LogP) is 3.25. The van der Waals surface area contributed by atoms with Crippen molar-refractivity contribution in [1.29, 1.82) is 0 Å². The second-order valence-electron chi connectivity index (χ2n) is 6.57. The number of fused-ring (bicyclic) bond motifs is 1. The molecule has 0 radical (unpaired) electrons. The SMILES string of the molecule is CCOC(=O)c1c(NC(=O)Cn2cnc3c(Cl)cc(Cl)cc3c2=O)sc(C(=O)NC)c1C. The molecule has 0 spiro atoms. The highest BCUT2D eigenvalue weighted by atomic mass is 35.5. The number of nitrogens with zero attached hydrogens (tertiary/aromatic N) is 2. The number of rotatable bonds is 6. The summed E-state index contributed by atoms with van der Waals surface area (Å²) < 4.78 is 6.15. The zero-order chi connectivity index (χ0) is 23.6. The minimum Gasteiger partial charge on any atom is -0.462 e. The zero-order valence-electron chi connectivity index (χ0n) is 17.2. The summed E-state index contributed by atoms with van der Waals surface area (Å²) in [6.07, 6.45) is 1.20. The lowest BCUT2D eigenvalue weighted by Gasteiger charge is -2.09. The molecule has 12 heteroatoms. The Hall–Kier alpha value is -2.95. The number of hydrogen-bond donors (Lipinski definition) is 2. The topological polar surface area (TPSA) is 119 Å². The third kappa shape index (κ3) is 4.62. The first-order chi connectivity index (χ1) is 15.2. The summed E-state index contributed by atoms with van der Waals surface area (Å²) in [5.74, 6) is -1.67. The summed E-state index contributed by atoms with van der Waals surface area (Å²) in [5.41, 5.74) is 0.239. The standard InChI is InChI=1S/C20H18Cl2N4O5S/c1-4-31-20(30)14-9(2)16(17(28)23-3)32-18(14)25-13(27)7-26-8-24-15-11(19(26)29)5-10(21)6-12(15)22/h5-6,8H,4,7H2,1-3H3,(H,23,28)(H,25,27). The maximum Gasteiger partial charge on any atom is 0.341 e. The lowest BCUT2D eigenvalue weighted by atomic mass is 10.1. The lowest BCUT2D eigenvalue weighted by molar-refractivity contribution is -0.116. The molecular weight excluding hydrogens is 479 g/mol. The van der Waals surface area contributed by atoms with E-state index in [2.05, 4.69) is 15.6 Å². The Bertz CT molecular complexity index is 1300. The smallest absolute Gasteiger partial charge is 0.341 e. The highest BCUT2D eigenvalue weighted by Gasteiger charge is 2.26. The molecule has 0 aliphatic carbocycles. The molecule has 2 aromatic heterocycles. The summed E-state index contributed by atoms with van der Waals surface area (Å²) in [5, 5.41) is 5.88. The van der Waals surface area contributed by atoms with Gasteiger partial charge in [-0.05, 0) is 31.5 Å². The molecule has 0 fully saturated rings. The third-order valence-corrected chi connectivity index (χ3v) is 6.18. The molecule has 168 valence electrons. The van der Waals surface area contributed by atoms with Gasteiger partial charge in [-0.1, -0.05) is 23.2 Å². The average Bonchev–Trinajstić information content (AvgIpc) is 3.05. The van der Waals surface area contributed by atoms with Crippen LogP contribution in [0, 0.1) is 6.92 Å². The van der Waals surface area contributed by atoms with E-state index in [0.717, 1.165) is 15.9 Å². The number of benzene rings is 1. The van der Waals surface area contributed by atoms with Crippen LogP contribution in [0.2, 0.25) is 10.0 Å². The Kier molecular flexibility index (Phi) is 7.17. The molecule has 0 saturated carbocycles. The molecule has 3 aromatic rings. The average molecular weight is 497 g/mol. The molecule has 0 saturated heterocycles. The summed E-state index contributed by atoms with van der Waals surface area (Å²) >= 11 is 13.0. The van der Waals surface area contributed by atoms with Gasteiger partial charge in [0.15, 0.2) is 0 Å². The van der Waals surface area contributed by atoms with Gasteiger partial charge in [0.25, 0.3) is 11.5 Å². The van der Waals surface area contributed by atoms with Crippen molar-refractivity contribution in [3.05, 3.63) is 54.9 Å². The van der Waals surface area contributed by atoms with Crippen molar-refractivity contribution in [2.24, 2.45) is 0 Å². The fraction of sp³-hybridized carbons (Fsp3) is 0.250. The predicted molar refractivity (Wildman–Crippen MR) is 123 cm³/mol. The number of esters is 1. The first-order valence-electron chi connectivity index (χ1n) is 9.34. The van der Waals surface area contributed by atoms with E-state index in [1.165, 1.54) is 25.5 Å². The summed E-state index contributed by atoms with van der Waals surface area (Å²) in [6, 6.07) is 2.89. The van der Waals surface area contributed by atoms with Gasteiger partial charge in [-0.25, -0.2) is 9.78 Å². The van der Waals surface area contributed by atoms with Gasteiger partial charge in [-0.15, -0.1) is 11.3 Å². The third-order valence-electron chi connectivity index (χ3n) is 4.47. The van der Waals surface area contributed by atoms with Crippen molar-refractivity contribution in [2.75, 3.05) is 19.0 Å². The van der Waals surface area contributed by atoms with Crippen LogP contribution in [-0.2, 0) is 16.1 Å². The Balaban J connectivity index is 1.94. The number of amides is 2. The van der Waals surface area contributed by atoms with E-state index >= 15 is 0 Å². The van der Waals surface area contributed by atoms with Gasteiger partial charge in [0.2, 0.25) is 5.91 Å². The van der Waals surface area contributed by atoms with Crippen LogP contribution in [0.15, 0.2) is 23.3 Å². The number of anilines is 1. The molecule has 0 aliphatic rings. The highest BCUT2D eigenvalue weighted by molar-refractivity contribution is 7.18. The quantitative estimate of drug-likeness (QED) is 0.505. The number of carbonyl (C=O) groups excluding carboxylic acids is 3. The molecular formula is C20H18Cl2N4O5S. The molecule has 0 atom stereocenters. The van der Waals surface area contributed by atoms with Crippen molar-refractivity contribution < 1.29 is 19.1 Å². The number of halogens is 2. The molecule has 1 aromatic carbocycles. The van der Waals surface area contributed by atoms with Crippen LogP contribution >= 0.6 is 34.5 Å². The molecule has 0 bridgehead atoms. The number of carbonyl (C=O) groups is 3. The number of ether oxygens (including phenoxy) is 1. The number of aromatic nitrogens is 2. The summed E-state index contributed by atoms with van der Waals surface area (Å²) in [4.78, 5) is 54.4. The summed E-state index contributed by atoms with van der Waals surface area (Å²) in [6.45, 7) is 2.98. The first-order valence-corrected chi connectivity index (χ1v) is 10.9. The van der Waals surface area contributed by atoms with E-state index in [9.17, 15) is 19.2 Å². The van der Waals surface area contributed by atoms with Gasteiger partial charge in [-0.3, -0.25) is 19.0 Å². The normalized spacial score (nSPS) is 10.8. The highest BCUT2D eigenvalue weighted by Crippen LogP contribution is 2.34. The molecule has 9 nitrogen and oxygen atoms in total. The maximum atomic E-state index is 12.8. The van der Waals surface area contributed by atoms with E-state index in [1.807, 2.05) is 0 Å². The van der Waals surface area contributed by atoms with E-state index in [0.29, 0.717) is 5.56 Å². The maximum absolute atomic E-state index is 12.8. The van der Waals surface area contributed by atoms with Crippen LogP contribution in [0.25, 0.3) is 10.9 Å². The lowest BCUT2D eigenvalue weighted by Crippen LogP contribution is -2.28. The van der Waals surface area contributed by atoms with E-state index in [-0.39, 0.29) is 49.5 Å². The fourth-order valence-electron chi connectivity index (χ4n) is 3.01. The number of thiophene rings is 1. The second kappa shape index (κ2) is 9.68. The molecule has 32 heavy (non-hydrogen) atoms. The van der Waals surface area contributed by atoms with E-state index in [1.54, 1.807) is 13.8 Å². The van der Waals surface area contributed by atoms with Gasteiger partial charge >= 0.3 is 5.97 Å². The fourth-order valence-corrected chi connectivity index (χ4v) is 4.71. The first kappa shape index (κ1) is 23.7. The van der Waals surface area contributed by atoms with Crippen LogP contribution in [0.4, 0.5) is 5.00 Å². The monoisotopic (exact) mass is 496 g/mol. The van der Waals surface area contributed by atoms with Gasteiger partial charge in [0.1, 0.15) is 11.5 Å². The minimum atomic E-state index is -0.666. The van der Waals surface area contributed by atoms with E-state index < -0.39 is 23.3 Å². The largest absolute Gasteiger partial charge is 0.462 e. The van der Waals surface area contributed by atoms with E-state index in [4.69, 9.17) is 27.9 Å². The van der Waals surface area contributed by atoms with Gasteiger partial charge in [0.05, 0.1) is 39.3 Å². The Morgan fingerprint density at radius 2 is 1.97 bits per heavy atom.